The molecule has 0 atom stereocenters. The molecule has 0 heterocycles. The van der Waals surface area contributed by atoms with Crippen LogP contribution in [-0.4, -0.2) is 24.3 Å². The second-order valence-corrected chi connectivity index (χ2v) is 4.34. The Morgan fingerprint density at radius 2 is 1.86 bits per heavy atom. The minimum absolute atomic E-state index is 0.0689. The lowest BCUT2D eigenvalue weighted by Gasteiger charge is -1.95. The van der Waals surface area contributed by atoms with Gasteiger partial charge in [0, 0.05) is 5.02 Å². The number of anilines is 1. The van der Waals surface area contributed by atoms with E-state index in [0.29, 0.717) is 17.0 Å². The first-order valence-electron chi connectivity index (χ1n) is 3.36. The molecule has 14 heavy (non-hydrogen) atoms. The summed E-state index contributed by atoms with van der Waals surface area (Å²) in [4.78, 5) is 0. The molecule has 0 saturated heterocycles. The van der Waals surface area contributed by atoms with E-state index in [1.54, 1.807) is 6.07 Å². The van der Waals surface area contributed by atoms with Gasteiger partial charge in [0.25, 0.3) is 10.1 Å². The van der Waals surface area contributed by atoms with Crippen LogP contribution in [0.25, 0.3) is 0 Å². The van der Waals surface area contributed by atoms with Crippen molar-refractivity contribution >= 4 is 27.4 Å². The SMILES string of the molecule is CS(=O)(=O)O.Nc1cc(Cl)ccc1O. The molecule has 0 unspecified atom stereocenters. The third kappa shape index (κ3) is 7.66. The number of rotatable bonds is 0. The largest absolute Gasteiger partial charge is 0.506 e. The molecule has 4 N–H and O–H groups in total. The molecule has 5 nitrogen and oxygen atoms in total. The number of halogens is 1. The molecule has 0 amide bonds. The second-order valence-electron chi connectivity index (χ2n) is 2.44. The summed E-state index contributed by atoms with van der Waals surface area (Å²) in [5.41, 5.74) is 5.59. The van der Waals surface area contributed by atoms with Crippen molar-refractivity contribution in [3.05, 3.63) is 23.2 Å². The van der Waals surface area contributed by atoms with Gasteiger partial charge in [-0.15, -0.1) is 0 Å². The number of phenolic OH excluding ortho intramolecular Hbond substituents is 1. The van der Waals surface area contributed by atoms with Gasteiger partial charge in [0.15, 0.2) is 0 Å². The standard InChI is InChI=1S/C6H6ClNO.CH4O3S/c7-4-1-2-6(9)5(8)3-4;1-5(2,3)4/h1-3,9H,8H2;1H3,(H,2,3,4). The van der Waals surface area contributed by atoms with Crippen molar-refractivity contribution in [1.82, 2.24) is 0 Å². The van der Waals surface area contributed by atoms with E-state index in [0.717, 1.165) is 0 Å². The molecular formula is C7H10ClNO4S. The fourth-order valence-electron chi connectivity index (χ4n) is 0.525. The molecular weight excluding hydrogens is 230 g/mol. The van der Waals surface area contributed by atoms with Crippen LogP contribution in [0.2, 0.25) is 5.02 Å². The van der Waals surface area contributed by atoms with Crippen LogP contribution in [0.1, 0.15) is 0 Å². The highest BCUT2D eigenvalue weighted by Crippen LogP contribution is 2.22. The summed E-state index contributed by atoms with van der Waals surface area (Å²) < 4.78 is 25.9. The first kappa shape index (κ1) is 13.0. The topological polar surface area (TPSA) is 101 Å². The summed E-state index contributed by atoms with van der Waals surface area (Å²) in [5, 5.41) is 9.39. The predicted octanol–water partition coefficient (Wildman–Crippen LogP) is 1.13. The molecule has 1 aromatic rings. The lowest BCUT2D eigenvalue weighted by Crippen LogP contribution is -1.88. The molecule has 1 rings (SSSR count). The molecule has 0 spiro atoms. The van der Waals surface area contributed by atoms with Gasteiger partial charge in [-0.3, -0.25) is 4.55 Å². The van der Waals surface area contributed by atoms with E-state index in [1.807, 2.05) is 0 Å². The van der Waals surface area contributed by atoms with Crippen LogP contribution < -0.4 is 5.73 Å². The Hall–Kier alpha value is -0.980. The van der Waals surface area contributed by atoms with Crippen molar-refractivity contribution in [2.75, 3.05) is 12.0 Å². The molecule has 0 fully saturated rings. The monoisotopic (exact) mass is 239 g/mol. The molecule has 1 aromatic carbocycles. The summed E-state index contributed by atoms with van der Waals surface area (Å²) in [7, 11) is -3.67. The van der Waals surface area contributed by atoms with Crippen molar-refractivity contribution in [2.24, 2.45) is 0 Å². The average molecular weight is 240 g/mol. The Labute approximate surface area is 86.9 Å². The molecule has 0 radical (unpaired) electrons. The average Bonchev–Trinajstić information content (AvgIpc) is 1.94. The quantitative estimate of drug-likeness (QED) is 0.358. The second kappa shape index (κ2) is 5.04. The van der Waals surface area contributed by atoms with Crippen molar-refractivity contribution in [3.63, 3.8) is 0 Å². The van der Waals surface area contributed by atoms with Crippen LogP contribution in [0.5, 0.6) is 5.75 Å². The highest BCUT2D eigenvalue weighted by atomic mass is 35.5. The zero-order valence-electron chi connectivity index (χ0n) is 7.31. The van der Waals surface area contributed by atoms with Gasteiger partial charge in [-0.25, -0.2) is 0 Å². The Morgan fingerprint density at radius 3 is 2.14 bits per heavy atom. The number of benzene rings is 1. The first-order valence-corrected chi connectivity index (χ1v) is 5.59. The predicted molar refractivity (Wildman–Crippen MR) is 55.0 cm³/mol. The van der Waals surface area contributed by atoms with Crippen LogP contribution in [-0.2, 0) is 10.1 Å². The molecule has 0 aromatic heterocycles. The van der Waals surface area contributed by atoms with Crippen LogP contribution in [0.4, 0.5) is 5.69 Å². The van der Waals surface area contributed by atoms with E-state index >= 15 is 0 Å². The van der Waals surface area contributed by atoms with Crippen LogP contribution in [0, 0.1) is 0 Å². The number of hydrogen-bond donors (Lipinski definition) is 3. The smallest absolute Gasteiger partial charge is 0.261 e. The molecule has 0 aliphatic heterocycles. The summed E-state index contributed by atoms with van der Waals surface area (Å²) >= 11 is 5.53. The van der Waals surface area contributed by atoms with Gasteiger partial charge in [0.1, 0.15) is 5.75 Å². The number of nitrogen functional groups attached to an aromatic ring is 1. The van der Waals surface area contributed by atoms with Gasteiger partial charge in [-0.05, 0) is 18.2 Å². The molecule has 0 bridgehead atoms. The fraction of sp³-hybridized carbons (Fsp3) is 0.143. The maximum Gasteiger partial charge on any atom is 0.261 e. The van der Waals surface area contributed by atoms with Crippen molar-refractivity contribution in [2.45, 2.75) is 0 Å². The Kier molecular flexibility index (Phi) is 4.69. The lowest BCUT2D eigenvalue weighted by atomic mass is 10.3. The van der Waals surface area contributed by atoms with E-state index in [-0.39, 0.29) is 5.75 Å². The fourth-order valence-corrected chi connectivity index (χ4v) is 0.706. The van der Waals surface area contributed by atoms with E-state index < -0.39 is 10.1 Å². The molecule has 7 heteroatoms. The van der Waals surface area contributed by atoms with Crippen LogP contribution in [0.15, 0.2) is 18.2 Å². The summed E-state index contributed by atoms with van der Waals surface area (Å²) in [5.74, 6) is 0.0689. The van der Waals surface area contributed by atoms with Gasteiger partial charge in [0.05, 0.1) is 11.9 Å². The number of aromatic hydroxyl groups is 1. The highest BCUT2D eigenvalue weighted by molar-refractivity contribution is 7.85. The molecule has 0 aliphatic rings. The van der Waals surface area contributed by atoms with Crippen molar-refractivity contribution in [1.29, 1.82) is 0 Å². The number of hydrogen-bond acceptors (Lipinski definition) is 4. The van der Waals surface area contributed by atoms with E-state index in [9.17, 15) is 8.42 Å². The van der Waals surface area contributed by atoms with Gasteiger partial charge < -0.3 is 10.8 Å². The summed E-state index contributed by atoms with van der Waals surface area (Å²) in [6, 6.07) is 4.53. The highest BCUT2D eigenvalue weighted by Gasteiger charge is 1.93. The van der Waals surface area contributed by atoms with E-state index in [2.05, 4.69) is 0 Å². The van der Waals surface area contributed by atoms with Crippen LogP contribution >= 0.6 is 11.6 Å². The molecule has 0 saturated carbocycles. The minimum atomic E-state index is -3.67. The first-order chi connectivity index (χ1) is 6.20. The van der Waals surface area contributed by atoms with Gasteiger partial charge in [-0.1, -0.05) is 11.6 Å². The molecule has 80 valence electrons. The molecule has 0 aliphatic carbocycles. The number of phenols is 1. The number of nitrogens with two attached hydrogens (primary N) is 1. The van der Waals surface area contributed by atoms with E-state index in [1.165, 1.54) is 12.1 Å². The van der Waals surface area contributed by atoms with Gasteiger partial charge >= 0.3 is 0 Å². The third-order valence-corrected chi connectivity index (χ3v) is 1.22. The van der Waals surface area contributed by atoms with Gasteiger partial charge in [0.2, 0.25) is 0 Å². The van der Waals surface area contributed by atoms with E-state index in [4.69, 9.17) is 27.0 Å². The van der Waals surface area contributed by atoms with Gasteiger partial charge in [-0.2, -0.15) is 8.42 Å². The Bertz CT molecular complexity index is 396. The Morgan fingerprint density at radius 1 is 1.43 bits per heavy atom. The maximum absolute atomic E-state index is 9.19. The summed E-state index contributed by atoms with van der Waals surface area (Å²) in [6.07, 6.45) is 0.715. The lowest BCUT2D eigenvalue weighted by molar-refractivity contribution is 0.478. The van der Waals surface area contributed by atoms with Crippen LogP contribution in [0.3, 0.4) is 0 Å². The minimum Gasteiger partial charge on any atom is -0.506 e. The zero-order valence-corrected chi connectivity index (χ0v) is 8.88. The third-order valence-electron chi connectivity index (χ3n) is 0.990. The maximum atomic E-state index is 9.19. The Balaban J connectivity index is 0.000000292. The normalized spacial score (nSPS) is 10.2. The zero-order chi connectivity index (χ0) is 11.4. The van der Waals surface area contributed by atoms with Crippen molar-refractivity contribution < 1.29 is 18.1 Å². The van der Waals surface area contributed by atoms with Crippen molar-refractivity contribution in [3.8, 4) is 5.75 Å². The summed E-state index contributed by atoms with van der Waals surface area (Å²) in [6.45, 7) is 0.